The van der Waals surface area contributed by atoms with Crippen molar-refractivity contribution in [1.82, 2.24) is 9.62 Å². The van der Waals surface area contributed by atoms with Gasteiger partial charge in [0, 0.05) is 13.1 Å². The molecule has 10 heteroatoms. The highest BCUT2D eigenvalue weighted by Crippen LogP contribution is 2.26. The molecule has 2 aromatic rings. The summed E-state index contributed by atoms with van der Waals surface area (Å²) in [4.78, 5) is 12.0. The minimum Gasteiger partial charge on any atom is -0.468 e. The monoisotopic (exact) mass is 388 g/mol. The van der Waals surface area contributed by atoms with Gasteiger partial charge in [0.1, 0.15) is 5.76 Å². The number of furan rings is 1. The lowest BCUT2D eigenvalue weighted by atomic mass is 10.00. The van der Waals surface area contributed by atoms with E-state index in [1.165, 1.54) is 18.4 Å². The summed E-state index contributed by atoms with van der Waals surface area (Å²) in [6, 6.07) is 7.48. The van der Waals surface area contributed by atoms with Crippen LogP contribution in [-0.2, 0) is 34.3 Å². The second kappa shape index (κ2) is 6.76. The van der Waals surface area contributed by atoms with Gasteiger partial charge in [-0.25, -0.2) is 13.1 Å². The van der Waals surface area contributed by atoms with Crippen LogP contribution in [0.2, 0.25) is 0 Å². The van der Waals surface area contributed by atoms with Gasteiger partial charge in [0.2, 0.25) is 10.0 Å². The summed E-state index contributed by atoms with van der Waals surface area (Å²) in [6.07, 6.45) is -3.31. The number of hydrogen-bond donors (Lipinski definition) is 1. The van der Waals surface area contributed by atoms with Gasteiger partial charge >= 0.3 is 12.1 Å². The number of carbonyl (C=O) groups excluding carboxylic acids is 1. The second-order valence-electron chi connectivity index (χ2n) is 5.81. The third kappa shape index (κ3) is 3.91. The molecular weight excluding hydrogens is 373 g/mol. The van der Waals surface area contributed by atoms with E-state index in [1.807, 2.05) is 0 Å². The molecule has 0 unspecified atom stereocenters. The fourth-order valence-electron chi connectivity index (χ4n) is 2.72. The molecule has 2 heterocycles. The van der Waals surface area contributed by atoms with Crippen molar-refractivity contribution in [2.75, 3.05) is 6.54 Å². The zero-order valence-electron chi connectivity index (χ0n) is 13.4. The van der Waals surface area contributed by atoms with Gasteiger partial charge in [0.05, 0.1) is 17.7 Å². The van der Waals surface area contributed by atoms with Crippen LogP contribution in [0.5, 0.6) is 0 Å². The van der Waals surface area contributed by atoms with Crippen molar-refractivity contribution in [1.29, 1.82) is 0 Å². The Bertz CT molecular complexity index is 908. The standard InChI is InChI=1S/C16H15F3N2O4S/c17-16(18,19)15(22)21-6-5-11-3-4-14(8-12(11)10-21)26(23,24)20-9-13-2-1-7-25-13/h1-4,7-8,20H,5-6,9-10H2. The lowest BCUT2D eigenvalue weighted by Gasteiger charge is -2.29. The number of alkyl halides is 3. The van der Waals surface area contributed by atoms with Crippen molar-refractivity contribution in [3.63, 3.8) is 0 Å². The average molecular weight is 388 g/mol. The third-order valence-corrected chi connectivity index (χ3v) is 5.45. The predicted molar refractivity (Wildman–Crippen MR) is 84.4 cm³/mol. The van der Waals surface area contributed by atoms with E-state index in [-0.39, 0.29) is 31.0 Å². The van der Waals surface area contributed by atoms with Crippen molar-refractivity contribution >= 4 is 15.9 Å². The number of nitrogens with zero attached hydrogens (tertiary/aromatic N) is 1. The normalized spacial score (nSPS) is 15.0. The summed E-state index contributed by atoms with van der Waals surface area (Å²) in [5, 5.41) is 0. The molecule has 0 radical (unpaired) electrons. The van der Waals surface area contributed by atoms with Crippen LogP contribution in [0.25, 0.3) is 0 Å². The Balaban J connectivity index is 1.79. The van der Waals surface area contributed by atoms with Crippen molar-refractivity contribution in [3.05, 3.63) is 53.5 Å². The maximum atomic E-state index is 12.6. The van der Waals surface area contributed by atoms with E-state index in [4.69, 9.17) is 4.42 Å². The van der Waals surface area contributed by atoms with Crippen LogP contribution in [0.4, 0.5) is 13.2 Å². The average Bonchev–Trinajstić information content (AvgIpc) is 3.11. The Hall–Kier alpha value is -2.33. The molecule has 1 aliphatic heterocycles. The van der Waals surface area contributed by atoms with E-state index in [0.717, 1.165) is 5.56 Å². The van der Waals surface area contributed by atoms with Gasteiger partial charge in [-0.3, -0.25) is 4.79 Å². The van der Waals surface area contributed by atoms with Gasteiger partial charge in [0.25, 0.3) is 0 Å². The molecule has 140 valence electrons. The molecular formula is C16H15F3N2O4S. The molecule has 1 aromatic carbocycles. The van der Waals surface area contributed by atoms with Crippen molar-refractivity contribution < 1.29 is 30.8 Å². The molecule has 1 aromatic heterocycles. The molecule has 3 rings (SSSR count). The SMILES string of the molecule is O=C(N1CCc2ccc(S(=O)(=O)NCc3ccco3)cc2C1)C(F)(F)F. The number of rotatable bonds is 4. The Morgan fingerprint density at radius 2 is 2.00 bits per heavy atom. The maximum absolute atomic E-state index is 12.6. The molecule has 26 heavy (non-hydrogen) atoms. The predicted octanol–water partition coefficient (Wildman–Crippen LogP) is 2.21. The topological polar surface area (TPSA) is 79.6 Å². The highest BCUT2D eigenvalue weighted by molar-refractivity contribution is 7.89. The van der Waals surface area contributed by atoms with Crippen LogP contribution >= 0.6 is 0 Å². The molecule has 0 atom stereocenters. The van der Waals surface area contributed by atoms with Crippen LogP contribution < -0.4 is 4.72 Å². The van der Waals surface area contributed by atoms with E-state index >= 15 is 0 Å². The highest BCUT2D eigenvalue weighted by atomic mass is 32.2. The number of nitrogens with one attached hydrogen (secondary N) is 1. The summed E-state index contributed by atoms with van der Waals surface area (Å²) in [5.74, 6) is -1.50. The summed E-state index contributed by atoms with van der Waals surface area (Å²) in [7, 11) is -3.87. The van der Waals surface area contributed by atoms with E-state index in [0.29, 0.717) is 16.2 Å². The second-order valence-corrected chi connectivity index (χ2v) is 7.58. The Morgan fingerprint density at radius 3 is 2.65 bits per heavy atom. The number of halogens is 3. The van der Waals surface area contributed by atoms with Crippen molar-refractivity contribution in [2.45, 2.75) is 30.6 Å². The number of hydrogen-bond acceptors (Lipinski definition) is 4. The minimum absolute atomic E-state index is 0.0505. The van der Waals surface area contributed by atoms with Crippen molar-refractivity contribution in [3.8, 4) is 0 Å². The molecule has 6 nitrogen and oxygen atoms in total. The maximum Gasteiger partial charge on any atom is 0.471 e. The molecule has 0 aliphatic carbocycles. The van der Waals surface area contributed by atoms with E-state index in [1.54, 1.807) is 18.2 Å². The lowest BCUT2D eigenvalue weighted by Crippen LogP contribution is -2.43. The zero-order valence-corrected chi connectivity index (χ0v) is 14.2. The molecule has 1 amide bonds. The first-order chi connectivity index (χ1) is 12.2. The smallest absolute Gasteiger partial charge is 0.468 e. The Kier molecular flexibility index (Phi) is 4.80. The number of benzene rings is 1. The summed E-state index contributed by atoms with van der Waals surface area (Å²) < 4.78 is 70.0. The fourth-order valence-corrected chi connectivity index (χ4v) is 3.76. The summed E-state index contributed by atoms with van der Waals surface area (Å²) in [6.45, 7) is -0.394. The lowest BCUT2D eigenvalue weighted by molar-refractivity contribution is -0.186. The van der Waals surface area contributed by atoms with Crippen LogP contribution in [-0.4, -0.2) is 31.9 Å². The van der Waals surface area contributed by atoms with Gasteiger partial charge < -0.3 is 9.32 Å². The quantitative estimate of drug-likeness (QED) is 0.871. The van der Waals surface area contributed by atoms with Crippen molar-refractivity contribution in [2.24, 2.45) is 0 Å². The Morgan fingerprint density at radius 1 is 1.23 bits per heavy atom. The molecule has 0 bridgehead atoms. The molecule has 1 aliphatic rings. The third-order valence-electron chi connectivity index (χ3n) is 4.05. The number of carbonyl (C=O) groups is 1. The first-order valence-corrected chi connectivity index (χ1v) is 9.15. The van der Waals surface area contributed by atoms with E-state index in [2.05, 4.69) is 4.72 Å². The van der Waals surface area contributed by atoms with Gasteiger partial charge in [0.15, 0.2) is 0 Å². The summed E-state index contributed by atoms with van der Waals surface area (Å²) in [5.41, 5.74) is 1.11. The summed E-state index contributed by atoms with van der Waals surface area (Å²) >= 11 is 0. The zero-order chi connectivity index (χ0) is 18.9. The molecule has 0 saturated carbocycles. The van der Waals surface area contributed by atoms with Gasteiger partial charge in [-0.15, -0.1) is 0 Å². The molecule has 0 saturated heterocycles. The molecule has 0 spiro atoms. The van der Waals surface area contributed by atoms with Gasteiger partial charge in [-0.2, -0.15) is 13.2 Å². The highest BCUT2D eigenvalue weighted by Gasteiger charge is 2.43. The first kappa shape index (κ1) is 18.5. The van der Waals surface area contributed by atoms with Gasteiger partial charge in [-0.1, -0.05) is 6.07 Å². The van der Waals surface area contributed by atoms with Gasteiger partial charge in [-0.05, 0) is 41.8 Å². The van der Waals surface area contributed by atoms with Crippen LogP contribution in [0.3, 0.4) is 0 Å². The van der Waals surface area contributed by atoms with Crippen LogP contribution in [0.15, 0.2) is 45.9 Å². The fraction of sp³-hybridized carbons (Fsp3) is 0.312. The number of fused-ring (bicyclic) bond motifs is 1. The van der Waals surface area contributed by atoms with E-state index < -0.39 is 22.1 Å². The number of sulfonamides is 1. The van der Waals surface area contributed by atoms with Crippen LogP contribution in [0, 0.1) is 0 Å². The Labute approximate surface area is 147 Å². The van der Waals surface area contributed by atoms with Crippen LogP contribution in [0.1, 0.15) is 16.9 Å². The van der Waals surface area contributed by atoms with E-state index in [9.17, 15) is 26.4 Å². The molecule has 1 N–H and O–H groups in total. The largest absolute Gasteiger partial charge is 0.471 e. The minimum atomic E-state index is -4.95. The first-order valence-electron chi connectivity index (χ1n) is 7.67. The number of amides is 1. The molecule has 0 fully saturated rings.